The quantitative estimate of drug-likeness (QED) is 0.329. The fourth-order valence-corrected chi connectivity index (χ4v) is 3.35. The van der Waals surface area contributed by atoms with Crippen LogP contribution in [0.2, 0.25) is 20.1 Å². The van der Waals surface area contributed by atoms with Crippen molar-refractivity contribution in [2.24, 2.45) is 0 Å². The van der Waals surface area contributed by atoms with Gasteiger partial charge >= 0.3 is 5.97 Å². The number of hydrogen-bond acceptors (Lipinski definition) is 3. The molecule has 0 heterocycles. The molecule has 0 N–H and O–H groups in total. The smallest absolute Gasteiger partial charge is 0.338 e. The van der Waals surface area contributed by atoms with Crippen molar-refractivity contribution in [3.63, 3.8) is 0 Å². The van der Waals surface area contributed by atoms with Crippen molar-refractivity contribution in [3.8, 4) is 0 Å². The number of esters is 1. The van der Waals surface area contributed by atoms with Crippen LogP contribution in [0.15, 0.2) is 49.1 Å². The molecule has 0 aliphatic rings. The number of benzene rings is 2. The van der Waals surface area contributed by atoms with Crippen LogP contribution in [0.25, 0.3) is 0 Å². The Labute approximate surface area is 185 Å². The summed E-state index contributed by atoms with van der Waals surface area (Å²) in [6.07, 6.45) is 2.40. The Morgan fingerprint density at radius 1 is 1.07 bits per heavy atom. The van der Waals surface area contributed by atoms with Crippen molar-refractivity contribution >= 4 is 52.4 Å². The third-order valence-corrected chi connectivity index (χ3v) is 6.04. The summed E-state index contributed by atoms with van der Waals surface area (Å²) < 4.78 is 5.61. The van der Waals surface area contributed by atoms with Crippen molar-refractivity contribution in [1.29, 1.82) is 0 Å². The number of carbonyl (C=O) groups excluding carboxylic acids is 1. The SMILES string of the molecule is C=CCN(C)C(C)(COC(=O)c1ccc(Cl)c(Cl)c1)Cc1ccc(Cl)c(Cl)c1. The Hall–Kier alpha value is -1.23. The fourth-order valence-electron chi connectivity index (χ4n) is 2.73. The highest BCUT2D eigenvalue weighted by Crippen LogP contribution is 2.28. The summed E-state index contributed by atoms with van der Waals surface area (Å²) in [6, 6.07) is 10.1. The summed E-state index contributed by atoms with van der Waals surface area (Å²) in [5, 5.41) is 1.67. The van der Waals surface area contributed by atoms with E-state index < -0.39 is 11.5 Å². The Morgan fingerprint density at radius 3 is 2.25 bits per heavy atom. The maximum Gasteiger partial charge on any atom is 0.338 e. The van der Waals surface area contributed by atoms with Crippen LogP contribution in [-0.2, 0) is 11.2 Å². The number of rotatable bonds is 8. The number of carbonyl (C=O) groups is 1. The van der Waals surface area contributed by atoms with Gasteiger partial charge < -0.3 is 4.74 Å². The summed E-state index contributed by atoms with van der Waals surface area (Å²) in [7, 11) is 1.95. The van der Waals surface area contributed by atoms with Crippen molar-refractivity contribution in [1.82, 2.24) is 4.90 Å². The van der Waals surface area contributed by atoms with E-state index in [1.807, 2.05) is 26.1 Å². The number of nitrogens with zero attached hydrogens (tertiary/aromatic N) is 1. The predicted octanol–water partition coefficient (Wildman–Crippen LogP) is 6.58. The number of halogens is 4. The molecule has 0 saturated heterocycles. The first-order valence-corrected chi connectivity index (χ1v) is 10.1. The first-order valence-electron chi connectivity index (χ1n) is 8.54. The van der Waals surface area contributed by atoms with Crippen LogP contribution in [0.3, 0.4) is 0 Å². The van der Waals surface area contributed by atoms with E-state index in [0.29, 0.717) is 38.6 Å². The van der Waals surface area contributed by atoms with Gasteiger partial charge in [-0.15, -0.1) is 6.58 Å². The van der Waals surface area contributed by atoms with Crippen LogP contribution in [0.4, 0.5) is 0 Å². The summed E-state index contributed by atoms with van der Waals surface area (Å²) >= 11 is 24.1. The minimum absolute atomic E-state index is 0.163. The average Bonchev–Trinajstić information content (AvgIpc) is 2.65. The van der Waals surface area contributed by atoms with E-state index >= 15 is 0 Å². The molecule has 150 valence electrons. The van der Waals surface area contributed by atoms with E-state index in [9.17, 15) is 4.79 Å². The molecule has 2 aromatic rings. The lowest BCUT2D eigenvalue weighted by molar-refractivity contribution is 0.0172. The zero-order valence-electron chi connectivity index (χ0n) is 15.6. The summed E-state index contributed by atoms with van der Waals surface area (Å²) in [5.74, 6) is -0.467. The van der Waals surface area contributed by atoms with Gasteiger partial charge in [-0.3, -0.25) is 4.90 Å². The van der Waals surface area contributed by atoms with E-state index in [2.05, 4.69) is 11.5 Å². The Morgan fingerprint density at radius 2 is 1.68 bits per heavy atom. The monoisotopic (exact) mass is 459 g/mol. The van der Waals surface area contributed by atoms with Gasteiger partial charge in [-0.25, -0.2) is 4.79 Å². The van der Waals surface area contributed by atoms with E-state index in [1.165, 1.54) is 6.07 Å². The second kappa shape index (κ2) is 10.00. The van der Waals surface area contributed by atoms with Gasteiger partial charge in [-0.2, -0.15) is 0 Å². The summed E-state index contributed by atoms with van der Waals surface area (Å²) in [5.41, 5.74) is 0.841. The zero-order chi connectivity index (χ0) is 20.9. The zero-order valence-corrected chi connectivity index (χ0v) is 18.7. The molecular weight excluding hydrogens is 440 g/mol. The molecule has 2 rings (SSSR count). The Kier molecular flexibility index (Phi) is 8.23. The van der Waals surface area contributed by atoms with Gasteiger partial charge in [-0.1, -0.05) is 58.5 Å². The molecule has 0 aliphatic heterocycles. The van der Waals surface area contributed by atoms with Gasteiger partial charge in [0.05, 0.1) is 31.2 Å². The molecule has 0 aliphatic carbocycles. The third kappa shape index (κ3) is 5.88. The van der Waals surface area contributed by atoms with Crippen LogP contribution in [-0.4, -0.2) is 36.6 Å². The normalized spacial score (nSPS) is 13.2. The van der Waals surface area contributed by atoms with Crippen LogP contribution >= 0.6 is 46.4 Å². The average molecular weight is 461 g/mol. The summed E-state index contributed by atoms with van der Waals surface area (Å²) in [4.78, 5) is 14.6. The maximum absolute atomic E-state index is 12.5. The first kappa shape index (κ1) is 23.1. The molecular formula is C21H21Cl4NO2. The highest BCUT2D eigenvalue weighted by molar-refractivity contribution is 6.42. The van der Waals surface area contributed by atoms with E-state index in [-0.39, 0.29) is 6.61 Å². The molecule has 28 heavy (non-hydrogen) atoms. The van der Waals surface area contributed by atoms with Gasteiger partial charge in [0.1, 0.15) is 6.61 Å². The molecule has 0 spiro atoms. The molecule has 0 radical (unpaired) electrons. The van der Waals surface area contributed by atoms with Crippen LogP contribution < -0.4 is 0 Å². The van der Waals surface area contributed by atoms with Crippen LogP contribution in [0, 0.1) is 0 Å². The standard InChI is InChI=1S/C21H21Cl4NO2/c1-4-9-26(3)21(2,12-14-5-7-16(22)18(24)10-14)13-28-20(27)15-6-8-17(23)19(25)11-15/h4-8,10-11H,1,9,12-13H2,2-3H3. The van der Waals surface area contributed by atoms with Gasteiger partial charge in [0, 0.05) is 6.54 Å². The van der Waals surface area contributed by atoms with E-state index in [4.69, 9.17) is 51.1 Å². The molecule has 0 aromatic heterocycles. The third-order valence-electron chi connectivity index (χ3n) is 4.56. The summed E-state index contributed by atoms with van der Waals surface area (Å²) in [6.45, 7) is 6.60. The largest absolute Gasteiger partial charge is 0.460 e. The van der Waals surface area contributed by atoms with Crippen molar-refractivity contribution in [3.05, 3.63) is 80.3 Å². The van der Waals surface area contributed by atoms with Gasteiger partial charge in [0.15, 0.2) is 0 Å². The fraction of sp³-hybridized carbons (Fsp3) is 0.286. The minimum Gasteiger partial charge on any atom is -0.460 e. The highest BCUT2D eigenvalue weighted by atomic mass is 35.5. The molecule has 2 aromatic carbocycles. The van der Waals surface area contributed by atoms with Crippen molar-refractivity contribution in [2.75, 3.05) is 20.2 Å². The van der Waals surface area contributed by atoms with Crippen LogP contribution in [0.1, 0.15) is 22.8 Å². The lowest BCUT2D eigenvalue weighted by Crippen LogP contribution is -2.50. The number of hydrogen-bond donors (Lipinski definition) is 0. The Bertz CT molecular complexity index is 871. The lowest BCUT2D eigenvalue weighted by Gasteiger charge is -2.38. The molecule has 0 bridgehead atoms. The molecule has 7 heteroatoms. The Balaban J connectivity index is 2.19. The van der Waals surface area contributed by atoms with E-state index in [0.717, 1.165) is 5.56 Å². The molecule has 0 saturated carbocycles. The van der Waals surface area contributed by atoms with Gasteiger partial charge in [0.25, 0.3) is 0 Å². The maximum atomic E-state index is 12.5. The molecule has 0 fully saturated rings. The van der Waals surface area contributed by atoms with Gasteiger partial charge in [-0.05, 0) is 56.3 Å². The second-order valence-electron chi connectivity index (χ2n) is 6.80. The molecule has 0 amide bonds. The minimum atomic E-state index is -0.489. The van der Waals surface area contributed by atoms with Crippen molar-refractivity contribution in [2.45, 2.75) is 18.9 Å². The van der Waals surface area contributed by atoms with Gasteiger partial charge in [0.2, 0.25) is 0 Å². The highest BCUT2D eigenvalue weighted by Gasteiger charge is 2.31. The molecule has 1 atom stereocenters. The van der Waals surface area contributed by atoms with Crippen molar-refractivity contribution < 1.29 is 9.53 Å². The second-order valence-corrected chi connectivity index (χ2v) is 8.43. The lowest BCUT2D eigenvalue weighted by atomic mass is 9.92. The number of ether oxygens (including phenoxy) is 1. The molecule has 3 nitrogen and oxygen atoms in total. The first-order chi connectivity index (χ1) is 13.2. The van der Waals surface area contributed by atoms with E-state index in [1.54, 1.807) is 24.3 Å². The molecule has 1 unspecified atom stereocenters. The van der Waals surface area contributed by atoms with Crippen LogP contribution in [0.5, 0.6) is 0 Å². The predicted molar refractivity (Wildman–Crippen MR) is 118 cm³/mol. The topological polar surface area (TPSA) is 29.5 Å². The number of likely N-dealkylation sites (N-methyl/N-ethyl adjacent to an activating group) is 1.